The zero-order valence-electron chi connectivity index (χ0n) is 9.32. The van der Waals surface area contributed by atoms with Gasteiger partial charge in [-0.15, -0.1) is 11.6 Å². The maximum Gasteiger partial charge on any atom is 0.303 e. The fraction of sp³-hybridized carbons (Fsp3) is 0.308. The van der Waals surface area contributed by atoms with Crippen molar-refractivity contribution in [1.29, 1.82) is 0 Å². The van der Waals surface area contributed by atoms with Gasteiger partial charge in [0.15, 0.2) is 0 Å². The molecule has 0 N–H and O–H groups in total. The molecule has 2 rings (SSSR count). The quantitative estimate of drug-likeness (QED) is 0.606. The van der Waals surface area contributed by atoms with E-state index < -0.39 is 0 Å². The van der Waals surface area contributed by atoms with E-state index in [2.05, 4.69) is 0 Å². The summed E-state index contributed by atoms with van der Waals surface area (Å²) in [5.74, 6) is -0.303. The van der Waals surface area contributed by atoms with Crippen LogP contribution in [0, 0.1) is 0 Å². The molecule has 2 atom stereocenters. The van der Waals surface area contributed by atoms with Gasteiger partial charge in [0, 0.05) is 11.9 Å². The summed E-state index contributed by atoms with van der Waals surface area (Å²) in [6, 6.07) is 7.49. The summed E-state index contributed by atoms with van der Waals surface area (Å²) in [7, 11) is 0. The van der Waals surface area contributed by atoms with Crippen LogP contribution in [-0.4, -0.2) is 17.5 Å². The molecule has 0 radical (unpaired) electrons. The number of carbonyl (C=O) groups excluding carboxylic acids is 1. The zero-order chi connectivity index (χ0) is 12.4. The summed E-state index contributed by atoms with van der Waals surface area (Å²) < 4.78 is 5.14. The third kappa shape index (κ3) is 3.02. The first kappa shape index (κ1) is 12.5. The first-order valence-corrected chi connectivity index (χ1v) is 6.15. The van der Waals surface area contributed by atoms with Crippen LogP contribution in [-0.2, 0) is 9.53 Å². The molecule has 0 unspecified atom stereocenters. The van der Waals surface area contributed by atoms with Crippen LogP contribution >= 0.6 is 23.2 Å². The van der Waals surface area contributed by atoms with Gasteiger partial charge in [0.1, 0.15) is 6.10 Å². The number of hydrogen-bond acceptors (Lipinski definition) is 2. The van der Waals surface area contributed by atoms with E-state index in [4.69, 9.17) is 27.9 Å². The fourth-order valence-electron chi connectivity index (χ4n) is 1.76. The minimum Gasteiger partial charge on any atom is -0.456 e. The van der Waals surface area contributed by atoms with Crippen molar-refractivity contribution in [2.24, 2.45) is 0 Å². The van der Waals surface area contributed by atoms with Gasteiger partial charge in [-0.2, -0.15) is 0 Å². The average Bonchev–Trinajstić information content (AvgIpc) is 2.28. The van der Waals surface area contributed by atoms with E-state index in [0.29, 0.717) is 5.02 Å². The smallest absolute Gasteiger partial charge is 0.303 e. The summed E-state index contributed by atoms with van der Waals surface area (Å²) in [6.07, 6.45) is 2.45. The number of esters is 1. The fourth-order valence-corrected chi connectivity index (χ4v) is 2.28. The highest BCUT2D eigenvalue weighted by molar-refractivity contribution is 6.30. The highest BCUT2D eigenvalue weighted by Gasteiger charge is 2.37. The van der Waals surface area contributed by atoms with Crippen LogP contribution in [0.25, 0.3) is 6.08 Å². The first-order chi connectivity index (χ1) is 8.06. The van der Waals surface area contributed by atoms with Crippen LogP contribution in [0.5, 0.6) is 0 Å². The molecule has 1 aromatic carbocycles. The second kappa shape index (κ2) is 5.11. The molecule has 0 spiro atoms. The van der Waals surface area contributed by atoms with E-state index in [9.17, 15) is 4.79 Å². The Labute approximate surface area is 110 Å². The second-order valence-corrected chi connectivity index (χ2v) is 5.02. The maximum atomic E-state index is 10.9. The van der Waals surface area contributed by atoms with Crippen molar-refractivity contribution >= 4 is 35.2 Å². The number of rotatable bonds is 2. The molecule has 0 amide bonds. The van der Waals surface area contributed by atoms with Crippen LogP contribution < -0.4 is 0 Å². The number of halogens is 2. The van der Waals surface area contributed by atoms with Crippen molar-refractivity contribution in [2.45, 2.75) is 24.8 Å². The Balaban J connectivity index is 2.12. The largest absolute Gasteiger partial charge is 0.456 e. The van der Waals surface area contributed by atoms with Crippen LogP contribution in [0.15, 0.2) is 29.8 Å². The van der Waals surface area contributed by atoms with Gasteiger partial charge in [0.2, 0.25) is 0 Å². The molecule has 90 valence electrons. The van der Waals surface area contributed by atoms with E-state index in [1.807, 2.05) is 30.3 Å². The molecule has 1 aromatic rings. The Hall–Kier alpha value is -0.990. The molecule has 0 aromatic heterocycles. The van der Waals surface area contributed by atoms with Crippen molar-refractivity contribution in [1.82, 2.24) is 0 Å². The van der Waals surface area contributed by atoms with Crippen molar-refractivity contribution in [2.75, 3.05) is 0 Å². The Kier molecular flexibility index (Phi) is 3.75. The van der Waals surface area contributed by atoms with Gasteiger partial charge >= 0.3 is 5.97 Å². The van der Waals surface area contributed by atoms with E-state index in [1.165, 1.54) is 6.92 Å². The van der Waals surface area contributed by atoms with Gasteiger partial charge in [-0.05, 0) is 29.7 Å². The topological polar surface area (TPSA) is 26.3 Å². The van der Waals surface area contributed by atoms with Gasteiger partial charge < -0.3 is 4.74 Å². The minimum atomic E-state index is -0.303. The highest BCUT2D eigenvalue weighted by Crippen LogP contribution is 2.36. The lowest BCUT2D eigenvalue weighted by atomic mass is 9.86. The number of hydrogen-bond donors (Lipinski definition) is 0. The molecule has 1 aliphatic carbocycles. The summed E-state index contributed by atoms with van der Waals surface area (Å²) >= 11 is 11.8. The van der Waals surface area contributed by atoms with E-state index in [0.717, 1.165) is 17.6 Å². The predicted molar refractivity (Wildman–Crippen MR) is 69.2 cm³/mol. The molecule has 17 heavy (non-hydrogen) atoms. The lowest BCUT2D eigenvalue weighted by molar-refractivity contribution is -0.146. The number of alkyl halides is 1. The van der Waals surface area contributed by atoms with Crippen LogP contribution in [0.4, 0.5) is 0 Å². The summed E-state index contributed by atoms with van der Waals surface area (Å²) in [5, 5.41) is 0.588. The molecule has 0 bridgehead atoms. The standard InChI is InChI=1S/C13H12Cl2O2/c1-8(16)17-13-10(7-12(13)15)6-9-2-4-11(14)5-3-9/h2-6,12-13H,7H2,1H3/b10-6+/t12-,13-/m0/s1. The van der Waals surface area contributed by atoms with Gasteiger partial charge in [-0.1, -0.05) is 29.8 Å². The molecule has 1 fully saturated rings. The van der Waals surface area contributed by atoms with Crippen LogP contribution in [0.3, 0.4) is 0 Å². The summed E-state index contributed by atoms with van der Waals surface area (Å²) in [5.41, 5.74) is 2.08. The Morgan fingerprint density at radius 2 is 2.06 bits per heavy atom. The third-order valence-electron chi connectivity index (χ3n) is 2.64. The van der Waals surface area contributed by atoms with Crippen LogP contribution in [0.2, 0.25) is 5.02 Å². The highest BCUT2D eigenvalue weighted by atomic mass is 35.5. The monoisotopic (exact) mass is 270 g/mol. The lowest BCUT2D eigenvalue weighted by Gasteiger charge is -2.34. The molecule has 0 aliphatic heterocycles. The lowest BCUT2D eigenvalue weighted by Crippen LogP contribution is -2.39. The van der Waals surface area contributed by atoms with Gasteiger partial charge in [-0.3, -0.25) is 4.79 Å². The zero-order valence-corrected chi connectivity index (χ0v) is 10.8. The predicted octanol–water partition coefficient (Wildman–Crippen LogP) is 3.67. The van der Waals surface area contributed by atoms with Gasteiger partial charge in [-0.25, -0.2) is 0 Å². The molecule has 2 nitrogen and oxygen atoms in total. The van der Waals surface area contributed by atoms with Gasteiger partial charge in [0.25, 0.3) is 0 Å². The van der Waals surface area contributed by atoms with E-state index >= 15 is 0 Å². The Morgan fingerprint density at radius 1 is 1.41 bits per heavy atom. The van der Waals surface area contributed by atoms with E-state index in [1.54, 1.807) is 0 Å². The molecule has 0 saturated heterocycles. The van der Waals surface area contributed by atoms with Crippen molar-refractivity contribution in [3.05, 3.63) is 40.4 Å². The summed E-state index contributed by atoms with van der Waals surface area (Å²) in [6.45, 7) is 1.39. The minimum absolute atomic E-state index is 0.113. The second-order valence-electron chi connectivity index (χ2n) is 4.02. The summed E-state index contributed by atoms with van der Waals surface area (Å²) in [4.78, 5) is 10.9. The Bertz CT molecular complexity index is 451. The first-order valence-electron chi connectivity index (χ1n) is 5.33. The number of ether oxygens (including phenoxy) is 1. The SMILES string of the molecule is CC(=O)O[C@H]1/C(=C/c2ccc(Cl)cc2)C[C@@H]1Cl. The molecular formula is C13H12Cl2O2. The molecule has 1 aliphatic rings. The van der Waals surface area contributed by atoms with Crippen molar-refractivity contribution in [3.8, 4) is 0 Å². The van der Waals surface area contributed by atoms with E-state index in [-0.39, 0.29) is 17.5 Å². The number of carbonyl (C=O) groups is 1. The molecule has 4 heteroatoms. The molecular weight excluding hydrogens is 259 g/mol. The third-order valence-corrected chi connectivity index (χ3v) is 3.27. The van der Waals surface area contributed by atoms with Crippen molar-refractivity contribution < 1.29 is 9.53 Å². The molecule has 1 saturated carbocycles. The molecule has 0 heterocycles. The normalized spacial score (nSPS) is 25.5. The average molecular weight is 271 g/mol. The maximum absolute atomic E-state index is 10.9. The van der Waals surface area contributed by atoms with Gasteiger partial charge in [0.05, 0.1) is 5.38 Å². The van der Waals surface area contributed by atoms with Crippen molar-refractivity contribution in [3.63, 3.8) is 0 Å². The van der Waals surface area contributed by atoms with Crippen LogP contribution in [0.1, 0.15) is 18.9 Å². The Morgan fingerprint density at radius 3 is 2.59 bits per heavy atom. The number of benzene rings is 1.